The second-order valence-electron chi connectivity index (χ2n) is 3.91. The van der Waals surface area contributed by atoms with Gasteiger partial charge in [0.25, 0.3) is 0 Å². The number of aromatic hydroxyl groups is 1. The average Bonchev–Trinajstić information content (AvgIpc) is 3.05. The number of hydrogen-bond donors (Lipinski definition) is 2. The standard InChI is InChI=1S/C12H15NO2S/c14-10-3-1-2-4-11(10)16-8-7-12(15)13-9-5-6-9/h1-4,9,14H,5-8H2,(H,13,15). The van der Waals surface area contributed by atoms with Crippen molar-refractivity contribution in [1.82, 2.24) is 5.32 Å². The minimum absolute atomic E-state index is 0.116. The summed E-state index contributed by atoms with van der Waals surface area (Å²) in [7, 11) is 0. The van der Waals surface area contributed by atoms with Crippen LogP contribution >= 0.6 is 11.8 Å². The van der Waals surface area contributed by atoms with Crippen molar-refractivity contribution in [3.05, 3.63) is 24.3 Å². The van der Waals surface area contributed by atoms with Gasteiger partial charge in [0.2, 0.25) is 5.91 Å². The lowest BCUT2D eigenvalue weighted by molar-refractivity contribution is -0.120. The Morgan fingerprint density at radius 2 is 2.19 bits per heavy atom. The summed E-state index contributed by atoms with van der Waals surface area (Å²) >= 11 is 1.51. The third kappa shape index (κ3) is 3.45. The molecule has 1 aromatic rings. The van der Waals surface area contributed by atoms with Gasteiger partial charge in [0.15, 0.2) is 0 Å². The number of amides is 1. The van der Waals surface area contributed by atoms with Gasteiger partial charge in [-0.05, 0) is 25.0 Å². The first-order valence-corrected chi connectivity index (χ1v) is 6.44. The molecule has 1 fully saturated rings. The molecule has 2 rings (SSSR count). The third-order valence-corrected chi connectivity index (χ3v) is 3.46. The first-order chi connectivity index (χ1) is 7.75. The Hall–Kier alpha value is -1.16. The normalized spacial score (nSPS) is 14.8. The lowest BCUT2D eigenvalue weighted by atomic mass is 10.3. The van der Waals surface area contributed by atoms with Crippen molar-refractivity contribution in [2.45, 2.75) is 30.2 Å². The van der Waals surface area contributed by atoms with Gasteiger partial charge in [-0.3, -0.25) is 4.79 Å². The minimum atomic E-state index is 0.116. The SMILES string of the molecule is O=C(CCSc1ccccc1O)NC1CC1. The van der Waals surface area contributed by atoms with Crippen LogP contribution in [0.15, 0.2) is 29.2 Å². The zero-order valence-corrected chi connectivity index (χ0v) is 9.80. The molecule has 0 aliphatic heterocycles. The van der Waals surface area contributed by atoms with Crippen LogP contribution in [0, 0.1) is 0 Å². The predicted molar refractivity (Wildman–Crippen MR) is 64.6 cm³/mol. The van der Waals surface area contributed by atoms with Gasteiger partial charge in [0.1, 0.15) is 5.75 Å². The molecule has 1 aromatic carbocycles. The molecular formula is C12H15NO2S. The molecule has 1 aliphatic carbocycles. The molecule has 1 saturated carbocycles. The van der Waals surface area contributed by atoms with Crippen LogP contribution < -0.4 is 5.32 Å². The molecule has 0 atom stereocenters. The van der Waals surface area contributed by atoms with Gasteiger partial charge in [0, 0.05) is 23.1 Å². The maximum absolute atomic E-state index is 11.4. The molecule has 1 aliphatic rings. The Morgan fingerprint density at radius 3 is 2.88 bits per heavy atom. The van der Waals surface area contributed by atoms with E-state index in [0.717, 1.165) is 17.7 Å². The van der Waals surface area contributed by atoms with E-state index in [4.69, 9.17) is 0 Å². The number of rotatable bonds is 5. The molecule has 16 heavy (non-hydrogen) atoms. The number of nitrogens with one attached hydrogen (secondary N) is 1. The summed E-state index contributed by atoms with van der Waals surface area (Å²) in [6.45, 7) is 0. The average molecular weight is 237 g/mol. The number of carbonyl (C=O) groups excluding carboxylic acids is 1. The van der Waals surface area contributed by atoms with Gasteiger partial charge >= 0.3 is 0 Å². The highest BCUT2D eigenvalue weighted by Crippen LogP contribution is 2.28. The maximum Gasteiger partial charge on any atom is 0.221 e. The lowest BCUT2D eigenvalue weighted by Gasteiger charge is -2.04. The number of phenols is 1. The number of phenolic OH excluding ortho intramolecular Hbond substituents is 1. The first kappa shape index (κ1) is 11.3. The van der Waals surface area contributed by atoms with Crippen molar-refractivity contribution in [3.63, 3.8) is 0 Å². The predicted octanol–water partition coefficient (Wildman–Crippen LogP) is 2.15. The summed E-state index contributed by atoms with van der Waals surface area (Å²) in [5.74, 6) is 1.11. The van der Waals surface area contributed by atoms with Crippen LogP contribution in [0.5, 0.6) is 5.75 Å². The van der Waals surface area contributed by atoms with Crippen molar-refractivity contribution in [2.24, 2.45) is 0 Å². The summed E-state index contributed by atoms with van der Waals surface area (Å²) in [5.41, 5.74) is 0. The van der Waals surface area contributed by atoms with Crippen LogP contribution in [-0.4, -0.2) is 22.8 Å². The summed E-state index contributed by atoms with van der Waals surface area (Å²) < 4.78 is 0. The molecule has 1 amide bonds. The molecule has 3 nitrogen and oxygen atoms in total. The molecule has 0 saturated heterocycles. The fourth-order valence-corrected chi connectivity index (χ4v) is 2.26. The Balaban J connectivity index is 1.70. The van der Waals surface area contributed by atoms with Crippen molar-refractivity contribution in [1.29, 1.82) is 0 Å². The fourth-order valence-electron chi connectivity index (χ4n) is 1.36. The van der Waals surface area contributed by atoms with Gasteiger partial charge in [-0.1, -0.05) is 12.1 Å². The monoisotopic (exact) mass is 237 g/mol. The van der Waals surface area contributed by atoms with E-state index >= 15 is 0 Å². The molecule has 86 valence electrons. The van der Waals surface area contributed by atoms with Crippen LogP contribution in [0.25, 0.3) is 0 Å². The number of benzene rings is 1. The van der Waals surface area contributed by atoms with E-state index in [2.05, 4.69) is 5.32 Å². The number of para-hydroxylation sites is 1. The van der Waals surface area contributed by atoms with E-state index in [-0.39, 0.29) is 11.7 Å². The van der Waals surface area contributed by atoms with Crippen LogP contribution in [-0.2, 0) is 4.79 Å². The highest BCUT2D eigenvalue weighted by atomic mass is 32.2. The zero-order valence-electron chi connectivity index (χ0n) is 8.98. The minimum Gasteiger partial charge on any atom is -0.507 e. The lowest BCUT2D eigenvalue weighted by Crippen LogP contribution is -2.25. The Kier molecular flexibility index (Phi) is 3.72. The molecule has 2 N–H and O–H groups in total. The fraction of sp³-hybridized carbons (Fsp3) is 0.417. The van der Waals surface area contributed by atoms with Crippen molar-refractivity contribution in [2.75, 3.05) is 5.75 Å². The molecule has 0 aromatic heterocycles. The molecule has 0 spiro atoms. The smallest absolute Gasteiger partial charge is 0.221 e. The van der Waals surface area contributed by atoms with Crippen molar-refractivity contribution in [3.8, 4) is 5.75 Å². The number of carbonyl (C=O) groups is 1. The van der Waals surface area contributed by atoms with Crippen molar-refractivity contribution >= 4 is 17.7 Å². The second kappa shape index (κ2) is 5.25. The summed E-state index contributed by atoms with van der Waals surface area (Å²) in [6, 6.07) is 7.62. The van der Waals surface area contributed by atoms with Crippen molar-refractivity contribution < 1.29 is 9.90 Å². The largest absolute Gasteiger partial charge is 0.507 e. The second-order valence-corrected chi connectivity index (χ2v) is 5.04. The number of thioether (sulfide) groups is 1. The number of hydrogen-bond acceptors (Lipinski definition) is 3. The quantitative estimate of drug-likeness (QED) is 0.771. The zero-order chi connectivity index (χ0) is 11.4. The van der Waals surface area contributed by atoms with E-state index in [1.807, 2.05) is 12.1 Å². The molecule has 0 heterocycles. The molecule has 4 heteroatoms. The van der Waals surface area contributed by atoms with E-state index in [1.54, 1.807) is 12.1 Å². The topological polar surface area (TPSA) is 49.3 Å². The maximum atomic E-state index is 11.4. The molecule has 0 radical (unpaired) electrons. The summed E-state index contributed by atoms with van der Waals surface area (Å²) in [6.07, 6.45) is 2.76. The Bertz CT molecular complexity index is 377. The van der Waals surface area contributed by atoms with Gasteiger partial charge < -0.3 is 10.4 Å². The van der Waals surface area contributed by atoms with Crippen LogP contribution in [0.4, 0.5) is 0 Å². The summed E-state index contributed by atoms with van der Waals surface area (Å²) in [4.78, 5) is 12.2. The van der Waals surface area contributed by atoms with Gasteiger partial charge in [-0.2, -0.15) is 0 Å². The van der Waals surface area contributed by atoms with Crippen LogP contribution in [0.3, 0.4) is 0 Å². The highest BCUT2D eigenvalue weighted by molar-refractivity contribution is 7.99. The van der Waals surface area contributed by atoms with E-state index in [1.165, 1.54) is 11.8 Å². The van der Waals surface area contributed by atoms with E-state index in [9.17, 15) is 9.90 Å². The van der Waals surface area contributed by atoms with Crippen LogP contribution in [0.1, 0.15) is 19.3 Å². The van der Waals surface area contributed by atoms with E-state index in [0.29, 0.717) is 18.2 Å². The molecular weight excluding hydrogens is 222 g/mol. The van der Waals surface area contributed by atoms with Gasteiger partial charge in [-0.15, -0.1) is 11.8 Å². The Morgan fingerprint density at radius 1 is 1.44 bits per heavy atom. The van der Waals surface area contributed by atoms with Gasteiger partial charge in [0.05, 0.1) is 0 Å². The molecule has 0 bridgehead atoms. The highest BCUT2D eigenvalue weighted by Gasteiger charge is 2.22. The molecule has 0 unspecified atom stereocenters. The van der Waals surface area contributed by atoms with Gasteiger partial charge in [-0.25, -0.2) is 0 Å². The van der Waals surface area contributed by atoms with E-state index < -0.39 is 0 Å². The summed E-state index contributed by atoms with van der Waals surface area (Å²) in [5, 5.41) is 12.4. The first-order valence-electron chi connectivity index (χ1n) is 5.46. The third-order valence-electron chi connectivity index (χ3n) is 2.39. The van der Waals surface area contributed by atoms with Crippen LogP contribution in [0.2, 0.25) is 0 Å². The Labute approximate surface area is 99.2 Å².